The fraction of sp³-hybridized carbons (Fsp3) is 0.364. The second kappa shape index (κ2) is 6.33. The van der Waals surface area contributed by atoms with Crippen LogP contribution in [0.25, 0.3) is 0 Å². The molecule has 2 heterocycles. The quantitative estimate of drug-likeness (QED) is 0.600. The van der Waals surface area contributed by atoms with Gasteiger partial charge in [-0.3, -0.25) is 9.59 Å². The predicted molar refractivity (Wildman–Crippen MR) is 69.6 cm³/mol. The summed E-state index contributed by atoms with van der Waals surface area (Å²) >= 11 is 0.995. The van der Waals surface area contributed by atoms with Crippen LogP contribution in [0.1, 0.15) is 11.7 Å². The van der Waals surface area contributed by atoms with Crippen LogP contribution in [0.3, 0.4) is 0 Å². The van der Waals surface area contributed by atoms with Crippen LogP contribution in [0.5, 0.6) is 0 Å². The van der Waals surface area contributed by atoms with Crippen LogP contribution in [0.2, 0.25) is 0 Å². The van der Waals surface area contributed by atoms with Gasteiger partial charge in [-0.1, -0.05) is 16.9 Å². The van der Waals surface area contributed by atoms with Gasteiger partial charge >= 0.3 is 5.97 Å². The third kappa shape index (κ3) is 3.92. The van der Waals surface area contributed by atoms with Gasteiger partial charge in [-0.2, -0.15) is 9.97 Å². The first kappa shape index (κ1) is 14.3. The first-order valence-corrected chi connectivity index (χ1v) is 6.74. The molecule has 0 bridgehead atoms. The zero-order valence-corrected chi connectivity index (χ0v) is 11.5. The summed E-state index contributed by atoms with van der Waals surface area (Å²) in [5.41, 5.74) is -0.400. The van der Waals surface area contributed by atoms with Crippen LogP contribution in [0.15, 0.2) is 26.7 Å². The summed E-state index contributed by atoms with van der Waals surface area (Å²) in [6, 6.07) is 1.32. The Labute approximate surface area is 117 Å². The van der Waals surface area contributed by atoms with Gasteiger partial charge < -0.3 is 14.2 Å². The smallest absolute Gasteiger partial charge is 0.313 e. The van der Waals surface area contributed by atoms with E-state index in [0.717, 1.165) is 11.8 Å². The van der Waals surface area contributed by atoms with E-state index >= 15 is 0 Å². The minimum Gasteiger partial charge on any atom is -0.481 e. The van der Waals surface area contributed by atoms with E-state index in [9.17, 15) is 9.59 Å². The summed E-state index contributed by atoms with van der Waals surface area (Å²) in [4.78, 5) is 29.7. The molecule has 9 heteroatoms. The summed E-state index contributed by atoms with van der Waals surface area (Å²) in [5, 5.41) is 12.7. The molecule has 0 spiro atoms. The minimum atomic E-state index is -0.966. The molecule has 106 valence electrons. The fourth-order valence-electron chi connectivity index (χ4n) is 1.48. The number of hydrogen-bond acceptors (Lipinski definition) is 7. The van der Waals surface area contributed by atoms with E-state index in [1.807, 2.05) is 0 Å². The molecule has 20 heavy (non-hydrogen) atoms. The Kier molecular flexibility index (Phi) is 4.51. The standard InChI is InChI=1S/C11H12N4O4S/c1-7-12-9(19-14-7)3-5-15-4-2-8(16)13-11(15)20-6-10(17)18/h2,4H,3,5-6H2,1H3,(H,17,18). The van der Waals surface area contributed by atoms with E-state index in [-0.39, 0.29) is 5.75 Å². The normalized spacial score (nSPS) is 10.7. The Balaban J connectivity index is 2.09. The number of aliphatic carboxylic acids is 1. The summed E-state index contributed by atoms with van der Waals surface area (Å²) in [5.74, 6) is -0.0862. The summed E-state index contributed by atoms with van der Waals surface area (Å²) in [7, 11) is 0. The molecule has 0 aliphatic rings. The SMILES string of the molecule is Cc1noc(CCn2ccc(=O)nc2SCC(=O)O)n1. The van der Waals surface area contributed by atoms with Crippen LogP contribution < -0.4 is 5.56 Å². The number of hydrogen-bond donors (Lipinski definition) is 1. The molecule has 1 N–H and O–H groups in total. The molecule has 8 nitrogen and oxygen atoms in total. The van der Waals surface area contributed by atoms with E-state index in [4.69, 9.17) is 9.63 Å². The van der Waals surface area contributed by atoms with Crippen LogP contribution in [-0.4, -0.2) is 36.5 Å². The average Bonchev–Trinajstić information content (AvgIpc) is 2.81. The van der Waals surface area contributed by atoms with Gasteiger partial charge in [0.15, 0.2) is 11.0 Å². The first-order valence-electron chi connectivity index (χ1n) is 5.76. The van der Waals surface area contributed by atoms with Gasteiger partial charge in [0.1, 0.15) is 0 Å². The Bertz CT molecular complexity index is 666. The van der Waals surface area contributed by atoms with E-state index in [1.165, 1.54) is 6.07 Å². The molecule has 0 fully saturated rings. The Morgan fingerprint density at radius 2 is 2.30 bits per heavy atom. The van der Waals surface area contributed by atoms with Gasteiger partial charge in [-0.05, 0) is 6.92 Å². The molecule has 0 unspecified atom stereocenters. The molecular formula is C11H12N4O4S. The van der Waals surface area contributed by atoms with Crippen molar-refractivity contribution in [2.45, 2.75) is 25.0 Å². The zero-order valence-electron chi connectivity index (χ0n) is 10.6. The monoisotopic (exact) mass is 296 g/mol. The van der Waals surface area contributed by atoms with Crippen molar-refractivity contribution in [2.24, 2.45) is 0 Å². The van der Waals surface area contributed by atoms with Crippen LogP contribution in [-0.2, 0) is 17.8 Å². The zero-order chi connectivity index (χ0) is 14.5. The molecule has 2 aromatic heterocycles. The summed E-state index contributed by atoms with van der Waals surface area (Å²) in [6.07, 6.45) is 2.05. The topological polar surface area (TPSA) is 111 Å². The Morgan fingerprint density at radius 3 is 2.95 bits per heavy atom. The maximum Gasteiger partial charge on any atom is 0.313 e. The van der Waals surface area contributed by atoms with Crippen molar-refractivity contribution in [3.8, 4) is 0 Å². The Morgan fingerprint density at radius 1 is 1.50 bits per heavy atom. The second-order valence-electron chi connectivity index (χ2n) is 3.91. The van der Waals surface area contributed by atoms with Crippen molar-refractivity contribution in [1.82, 2.24) is 19.7 Å². The number of aryl methyl sites for hydroxylation is 3. The molecule has 0 aliphatic heterocycles. The van der Waals surface area contributed by atoms with Crippen LogP contribution in [0.4, 0.5) is 0 Å². The van der Waals surface area contributed by atoms with E-state index < -0.39 is 11.5 Å². The number of carbonyl (C=O) groups is 1. The second-order valence-corrected chi connectivity index (χ2v) is 4.85. The van der Waals surface area contributed by atoms with Crippen molar-refractivity contribution in [2.75, 3.05) is 5.75 Å². The Hall–Kier alpha value is -2.16. The lowest BCUT2D eigenvalue weighted by atomic mass is 10.4. The first-order chi connectivity index (χ1) is 9.54. The van der Waals surface area contributed by atoms with Gasteiger partial charge in [0, 0.05) is 25.2 Å². The van der Waals surface area contributed by atoms with Crippen molar-refractivity contribution in [3.63, 3.8) is 0 Å². The van der Waals surface area contributed by atoms with Gasteiger partial charge in [-0.25, -0.2) is 0 Å². The van der Waals surface area contributed by atoms with Gasteiger partial charge in [-0.15, -0.1) is 0 Å². The number of carboxylic acids is 1. The molecule has 0 aromatic carbocycles. The van der Waals surface area contributed by atoms with Crippen molar-refractivity contribution < 1.29 is 14.4 Å². The average molecular weight is 296 g/mol. The lowest BCUT2D eigenvalue weighted by Crippen LogP contribution is -2.15. The lowest BCUT2D eigenvalue weighted by Gasteiger charge is -2.09. The molecule has 0 atom stereocenters. The molecule has 0 saturated heterocycles. The van der Waals surface area contributed by atoms with Gasteiger partial charge in [0.2, 0.25) is 5.89 Å². The molecular weight excluding hydrogens is 284 g/mol. The highest BCUT2D eigenvalue weighted by atomic mass is 32.2. The van der Waals surface area contributed by atoms with E-state index in [0.29, 0.717) is 29.8 Å². The summed E-state index contributed by atoms with van der Waals surface area (Å²) in [6.45, 7) is 2.19. The molecule has 2 aromatic rings. The summed E-state index contributed by atoms with van der Waals surface area (Å²) < 4.78 is 6.68. The van der Waals surface area contributed by atoms with Gasteiger partial charge in [0.05, 0.1) is 5.75 Å². The van der Waals surface area contributed by atoms with E-state index in [1.54, 1.807) is 17.7 Å². The lowest BCUT2D eigenvalue weighted by molar-refractivity contribution is -0.133. The third-order valence-corrected chi connectivity index (χ3v) is 3.28. The van der Waals surface area contributed by atoms with E-state index in [2.05, 4.69) is 15.1 Å². The maximum absolute atomic E-state index is 11.2. The molecule has 0 radical (unpaired) electrons. The van der Waals surface area contributed by atoms with Crippen molar-refractivity contribution >= 4 is 17.7 Å². The number of nitrogens with zero attached hydrogens (tertiary/aromatic N) is 4. The largest absolute Gasteiger partial charge is 0.481 e. The maximum atomic E-state index is 11.2. The van der Waals surface area contributed by atoms with Crippen LogP contribution >= 0.6 is 11.8 Å². The third-order valence-electron chi connectivity index (χ3n) is 2.31. The number of thioether (sulfide) groups is 1. The highest BCUT2D eigenvalue weighted by molar-refractivity contribution is 7.99. The number of rotatable bonds is 6. The van der Waals surface area contributed by atoms with Crippen molar-refractivity contribution in [3.05, 3.63) is 34.3 Å². The molecule has 0 aliphatic carbocycles. The van der Waals surface area contributed by atoms with Crippen molar-refractivity contribution in [1.29, 1.82) is 0 Å². The number of aromatic nitrogens is 4. The highest BCUT2D eigenvalue weighted by Crippen LogP contribution is 2.14. The van der Waals surface area contributed by atoms with Crippen LogP contribution in [0, 0.1) is 6.92 Å². The molecule has 2 rings (SSSR count). The molecule has 0 saturated carbocycles. The molecule has 0 amide bonds. The highest BCUT2D eigenvalue weighted by Gasteiger charge is 2.09. The number of carboxylic acid groups (broad SMARTS) is 1. The fourth-order valence-corrected chi connectivity index (χ4v) is 2.21. The van der Waals surface area contributed by atoms with Gasteiger partial charge in [0.25, 0.3) is 5.56 Å². The predicted octanol–water partition coefficient (Wildman–Crippen LogP) is 0.354. The minimum absolute atomic E-state index is 0.157.